The minimum atomic E-state index is -3.98. The second-order valence-electron chi connectivity index (χ2n) is 4.57. The molecule has 1 saturated heterocycles. The van der Waals surface area contributed by atoms with Crippen LogP contribution in [0, 0.1) is 0 Å². The first-order chi connectivity index (χ1) is 8.55. The Morgan fingerprint density at radius 2 is 1.79 bits per heavy atom. The van der Waals surface area contributed by atoms with Crippen LogP contribution < -0.4 is 4.72 Å². The molecular weight excluding hydrogens is 298 g/mol. The van der Waals surface area contributed by atoms with Crippen molar-refractivity contribution in [1.29, 1.82) is 0 Å². The second-order valence-corrected chi connectivity index (χ2v) is 8.87. The van der Waals surface area contributed by atoms with Gasteiger partial charge < -0.3 is 10.2 Å². The third kappa shape index (κ3) is 4.41. The Bertz CT molecular complexity index is 523. The predicted octanol–water partition coefficient (Wildman–Crippen LogP) is -1.68. The van der Waals surface area contributed by atoms with Gasteiger partial charge in [-0.15, -0.1) is 0 Å². The van der Waals surface area contributed by atoms with E-state index < -0.39 is 43.2 Å². The first-order valence-corrected chi connectivity index (χ1v) is 9.04. The molecule has 2 atom stereocenters. The third-order valence-electron chi connectivity index (χ3n) is 2.98. The number of hydrogen-bond acceptors (Lipinski definition) is 6. The number of sulfonamides is 1. The highest BCUT2D eigenvalue weighted by atomic mass is 32.2. The van der Waals surface area contributed by atoms with Crippen molar-refractivity contribution in [3.63, 3.8) is 0 Å². The summed E-state index contributed by atoms with van der Waals surface area (Å²) in [5.41, 5.74) is 0. The van der Waals surface area contributed by atoms with E-state index in [-0.39, 0.29) is 24.3 Å². The lowest BCUT2D eigenvalue weighted by Gasteiger charge is -2.25. The zero-order chi connectivity index (χ0) is 14.8. The van der Waals surface area contributed by atoms with Gasteiger partial charge in [0, 0.05) is 0 Å². The maximum absolute atomic E-state index is 11.9. The molecule has 8 nitrogen and oxygen atoms in total. The van der Waals surface area contributed by atoms with Crippen LogP contribution in [0.4, 0.5) is 0 Å². The Labute approximate surface area is 111 Å². The molecule has 0 amide bonds. The number of aliphatic hydroxyl groups excluding tert-OH is 1. The number of carboxylic acid groups (broad SMARTS) is 1. The summed E-state index contributed by atoms with van der Waals surface area (Å²) in [6.07, 6.45) is -1.52. The minimum absolute atomic E-state index is 0.0657. The van der Waals surface area contributed by atoms with Gasteiger partial charge in [0.15, 0.2) is 0 Å². The Morgan fingerprint density at radius 3 is 2.16 bits per heavy atom. The molecule has 1 aliphatic rings. The first kappa shape index (κ1) is 16.3. The number of sulfone groups is 1. The van der Waals surface area contributed by atoms with Crippen molar-refractivity contribution in [2.75, 3.05) is 11.5 Å². The lowest BCUT2D eigenvalue weighted by Crippen LogP contribution is -2.51. The average molecular weight is 315 g/mol. The number of rotatable bonds is 5. The molecule has 0 unspecified atom stereocenters. The van der Waals surface area contributed by atoms with E-state index >= 15 is 0 Å². The molecule has 0 saturated carbocycles. The minimum Gasteiger partial charge on any atom is -0.480 e. The van der Waals surface area contributed by atoms with Crippen LogP contribution in [0.15, 0.2) is 0 Å². The van der Waals surface area contributed by atoms with Crippen molar-refractivity contribution in [1.82, 2.24) is 4.72 Å². The molecule has 1 aliphatic heterocycles. The zero-order valence-electron chi connectivity index (χ0n) is 10.3. The fourth-order valence-electron chi connectivity index (χ4n) is 1.81. The van der Waals surface area contributed by atoms with Crippen LogP contribution in [0.25, 0.3) is 0 Å². The number of hydrogen-bond donors (Lipinski definition) is 3. The number of aliphatic hydroxyl groups is 1. The molecule has 0 spiro atoms. The van der Waals surface area contributed by atoms with Crippen molar-refractivity contribution in [3.05, 3.63) is 0 Å². The van der Waals surface area contributed by atoms with Gasteiger partial charge in [0.2, 0.25) is 10.0 Å². The van der Waals surface area contributed by atoms with Gasteiger partial charge in [-0.25, -0.2) is 16.8 Å². The molecule has 0 aliphatic carbocycles. The predicted molar refractivity (Wildman–Crippen MR) is 66.8 cm³/mol. The fraction of sp³-hybridized carbons (Fsp3) is 0.889. The molecule has 1 fully saturated rings. The summed E-state index contributed by atoms with van der Waals surface area (Å²) in [6, 6.07) is -1.64. The molecule has 0 aromatic rings. The summed E-state index contributed by atoms with van der Waals surface area (Å²) in [5, 5.41) is 17.1. The SMILES string of the molecule is C[C@@H](O)[C@H](NS(=O)(=O)C1CCS(=O)(=O)CC1)C(=O)O. The summed E-state index contributed by atoms with van der Waals surface area (Å²) in [6.45, 7) is 1.16. The Hall–Kier alpha value is -0.710. The molecule has 1 heterocycles. The number of carboxylic acids is 1. The Morgan fingerprint density at radius 1 is 1.32 bits per heavy atom. The van der Waals surface area contributed by atoms with Gasteiger partial charge in [-0.3, -0.25) is 4.79 Å². The van der Waals surface area contributed by atoms with E-state index in [1.165, 1.54) is 0 Å². The third-order valence-corrected chi connectivity index (χ3v) is 6.63. The maximum atomic E-state index is 11.9. The number of nitrogens with one attached hydrogen (secondary N) is 1. The molecule has 0 radical (unpaired) electrons. The van der Waals surface area contributed by atoms with E-state index in [2.05, 4.69) is 0 Å². The summed E-state index contributed by atoms with van der Waals surface area (Å²) >= 11 is 0. The topological polar surface area (TPSA) is 138 Å². The zero-order valence-corrected chi connectivity index (χ0v) is 11.9. The van der Waals surface area contributed by atoms with Crippen molar-refractivity contribution in [3.8, 4) is 0 Å². The van der Waals surface area contributed by atoms with E-state index in [0.29, 0.717) is 0 Å². The van der Waals surface area contributed by atoms with Crippen LogP contribution in [0.2, 0.25) is 0 Å². The van der Waals surface area contributed by atoms with Crippen molar-refractivity contribution >= 4 is 25.8 Å². The summed E-state index contributed by atoms with van der Waals surface area (Å²) in [4.78, 5) is 10.8. The van der Waals surface area contributed by atoms with Gasteiger partial charge in [0.1, 0.15) is 15.9 Å². The lowest BCUT2D eigenvalue weighted by molar-refractivity contribution is -0.141. The van der Waals surface area contributed by atoms with E-state index in [0.717, 1.165) is 6.92 Å². The van der Waals surface area contributed by atoms with Crippen LogP contribution in [0.3, 0.4) is 0 Å². The first-order valence-electron chi connectivity index (χ1n) is 5.67. The molecule has 10 heteroatoms. The Kier molecular flexibility index (Phi) is 4.93. The largest absolute Gasteiger partial charge is 0.480 e. The molecule has 0 aromatic carbocycles. The van der Waals surface area contributed by atoms with Crippen LogP contribution in [0.5, 0.6) is 0 Å². The average Bonchev–Trinajstić information content (AvgIpc) is 2.24. The highest BCUT2D eigenvalue weighted by Gasteiger charge is 2.36. The highest BCUT2D eigenvalue weighted by molar-refractivity contribution is 7.92. The van der Waals surface area contributed by atoms with Gasteiger partial charge in [0.25, 0.3) is 0 Å². The monoisotopic (exact) mass is 315 g/mol. The lowest BCUT2D eigenvalue weighted by atomic mass is 10.2. The molecule has 3 N–H and O–H groups in total. The van der Waals surface area contributed by atoms with Crippen LogP contribution in [-0.4, -0.2) is 61.9 Å². The van der Waals surface area contributed by atoms with Gasteiger partial charge in [-0.1, -0.05) is 0 Å². The van der Waals surface area contributed by atoms with Crippen LogP contribution in [-0.2, 0) is 24.7 Å². The number of aliphatic carboxylic acids is 1. The molecule has 1 rings (SSSR count). The van der Waals surface area contributed by atoms with E-state index in [4.69, 9.17) is 5.11 Å². The van der Waals surface area contributed by atoms with Crippen molar-refractivity contribution < 1.29 is 31.8 Å². The van der Waals surface area contributed by atoms with Gasteiger partial charge in [-0.05, 0) is 19.8 Å². The molecule has 112 valence electrons. The van der Waals surface area contributed by atoms with Crippen molar-refractivity contribution in [2.24, 2.45) is 0 Å². The molecule has 19 heavy (non-hydrogen) atoms. The normalized spacial score (nSPS) is 23.7. The van der Waals surface area contributed by atoms with E-state index in [1.54, 1.807) is 0 Å². The quantitative estimate of drug-likeness (QED) is 0.550. The van der Waals surface area contributed by atoms with Crippen molar-refractivity contribution in [2.45, 2.75) is 37.2 Å². The fourth-order valence-corrected chi connectivity index (χ4v) is 5.30. The van der Waals surface area contributed by atoms with Gasteiger partial charge >= 0.3 is 5.97 Å². The molecule has 0 aromatic heterocycles. The van der Waals surface area contributed by atoms with Crippen LogP contribution in [0.1, 0.15) is 19.8 Å². The van der Waals surface area contributed by atoms with Crippen LogP contribution >= 0.6 is 0 Å². The smallest absolute Gasteiger partial charge is 0.324 e. The van der Waals surface area contributed by atoms with Gasteiger partial charge in [0.05, 0.1) is 22.9 Å². The van der Waals surface area contributed by atoms with E-state index in [9.17, 15) is 26.7 Å². The summed E-state index contributed by atoms with van der Waals surface area (Å²) in [7, 11) is -7.17. The highest BCUT2D eigenvalue weighted by Crippen LogP contribution is 2.19. The number of carbonyl (C=O) groups is 1. The standard InChI is InChI=1S/C9H17NO7S2/c1-6(11)8(9(12)13)10-19(16,17)7-2-4-18(14,15)5-3-7/h6-8,10-11H,2-5H2,1H3,(H,12,13)/t6-,8+/m1/s1. The molecule has 0 bridgehead atoms. The molecular formula is C9H17NO7S2. The second kappa shape index (κ2) is 5.73. The maximum Gasteiger partial charge on any atom is 0.324 e. The van der Waals surface area contributed by atoms with Gasteiger partial charge in [-0.2, -0.15) is 4.72 Å². The summed E-state index contributed by atoms with van der Waals surface area (Å²) in [5.74, 6) is -1.95. The summed E-state index contributed by atoms with van der Waals surface area (Å²) < 4.78 is 48.2. The Balaban J connectivity index is 2.79. The van der Waals surface area contributed by atoms with E-state index in [1.807, 2.05) is 4.72 Å².